The smallest absolute Gasteiger partial charge is 0.253 e. The van der Waals surface area contributed by atoms with Gasteiger partial charge in [-0.25, -0.2) is 9.97 Å². The number of carbonyl (C=O) groups is 1. The highest BCUT2D eigenvalue weighted by molar-refractivity contribution is 7.09. The standard InChI is InChI=1S/C18H21N5OS/c24-18(21-11-12-3-1-6-19-10-12)14-5-7-20-17-16(14)22-15(23-17)9-13-4-2-8-25-13/h2,4-5,7-8,12,19H,1,3,6,9-11H2,(H,21,24)(H,20,22,23)/t12-/m0/s1. The van der Waals surface area contributed by atoms with E-state index >= 15 is 0 Å². The Morgan fingerprint density at radius 1 is 1.40 bits per heavy atom. The first kappa shape index (κ1) is 16.2. The van der Waals surface area contributed by atoms with Gasteiger partial charge in [-0.05, 0) is 49.4 Å². The van der Waals surface area contributed by atoms with Crippen LogP contribution in [0.15, 0.2) is 29.8 Å². The summed E-state index contributed by atoms with van der Waals surface area (Å²) in [5, 5.41) is 8.48. The van der Waals surface area contributed by atoms with E-state index in [1.165, 1.54) is 11.3 Å². The van der Waals surface area contributed by atoms with Gasteiger partial charge in [-0.15, -0.1) is 11.3 Å². The molecule has 3 N–H and O–H groups in total. The average molecular weight is 355 g/mol. The van der Waals surface area contributed by atoms with E-state index in [1.54, 1.807) is 23.6 Å². The molecule has 1 aliphatic heterocycles. The fourth-order valence-corrected chi connectivity index (χ4v) is 3.94. The largest absolute Gasteiger partial charge is 0.352 e. The molecule has 0 saturated carbocycles. The molecular formula is C18H21N5OS. The molecule has 0 spiro atoms. The van der Waals surface area contributed by atoms with Crippen molar-refractivity contribution in [2.45, 2.75) is 19.3 Å². The second kappa shape index (κ2) is 7.33. The number of aromatic amines is 1. The number of nitrogens with one attached hydrogen (secondary N) is 3. The Labute approximate surface area is 150 Å². The first-order valence-corrected chi connectivity index (χ1v) is 9.52. The molecular weight excluding hydrogens is 334 g/mol. The fourth-order valence-electron chi connectivity index (χ4n) is 3.23. The minimum absolute atomic E-state index is 0.0767. The molecule has 4 heterocycles. The molecule has 3 aromatic rings. The zero-order chi connectivity index (χ0) is 17.1. The zero-order valence-electron chi connectivity index (χ0n) is 13.9. The van der Waals surface area contributed by atoms with E-state index in [9.17, 15) is 4.79 Å². The third kappa shape index (κ3) is 3.72. The maximum atomic E-state index is 12.6. The molecule has 1 atom stereocenters. The summed E-state index contributed by atoms with van der Waals surface area (Å²) in [4.78, 5) is 26.0. The molecule has 1 amide bonds. The number of imidazole rings is 1. The summed E-state index contributed by atoms with van der Waals surface area (Å²) < 4.78 is 0. The maximum absolute atomic E-state index is 12.6. The maximum Gasteiger partial charge on any atom is 0.253 e. The highest BCUT2D eigenvalue weighted by Gasteiger charge is 2.18. The molecule has 130 valence electrons. The Hall–Kier alpha value is -2.25. The monoisotopic (exact) mass is 355 g/mol. The van der Waals surface area contributed by atoms with Crippen LogP contribution in [-0.2, 0) is 6.42 Å². The summed E-state index contributed by atoms with van der Waals surface area (Å²) in [6.07, 6.45) is 4.72. The van der Waals surface area contributed by atoms with Crippen molar-refractivity contribution in [3.63, 3.8) is 0 Å². The Morgan fingerprint density at radius 3 is 3.16 bits per heavy atom. The van der Waals surface area contributed by atoms with Crippen LogP contribution in [0.1, 0.15) is 33.9 Å². The van der Waals surface area contributed by atoms with Gasteiger partial charge in [-0.2, -0.15) is 0 Å². The van der Waals surface area contributed by atoms with Crippen molar-refractivity contribution >= 4 is 28.4 Å². The lowest BCUT2D eigenvalue weighted by molar-refractivity contribution is 0.0946. The second-order valence-corrected chi connectivity index (χ2v) is 7.45. The first-order chi connectivity index (χ1) is 12.3. The summed E-state index contributed by atoms with van der Waals surface area (Å²) in [7, 11) is 0. The lowest BCUT2D eigenvalue weighted by Crippen LogP contribution is -2.38. The molecule has 1 fully saturated rings. The van der Waals surface area contributed by atoms with Crippen molar-refractivity contribution in [2.24, 2.45) is 5.92 Å². The highest BCUT2D eigenvalue weighted by Crippen LogP contribution is 2.18. The number of hydrogen-bond acceptors (Lipinski definition) is 5. The van der Waals surface area contributed by atoms with Gasteiger partial charge < -0.3 is 15.6 Å². The van der Waals surface area contributed by atoms with Crippen molar-refractivity contribution < 1.29 is 4.79 Å². The number of amides is 1. The molecule has 25 heavy (non-hydrogen) atoms. The summed E-state index contributed by atoms with van der Waals surface area (Å²) in [6.45, 7) is 2.75. The third-order valence-electron chi connectivity index (χ3n) is 4.55. The van der Waals surface area contributed by atoms with Gasteiger partial charge >= 0.3 is 0 Å². The molecule has 1 aliphatic rings. The van der Waals surface area contributed by atoms with Gasteiger partial charge in [-0.1, -0.05) is 6.07 Å². The van der Waals surface area contributed by atoms with E-state index in [0.717, 1.165) is 31.8 Å². The number of nitrogens with zero attached hydrogens (tertiary/aromatic N) is 2. The average Bonchev–Trinajstić information content (AvgIpc) is 3.29. The first-order valence-electron chi connectivity index (χ1n) is 8.64. The molecule has 4 rings (SSSR count). The fraction of sp³-hybridized carbons (Fsp3) is 0.389. The SMILES string of the molecule is O=C(NC[C@H]1CCCNC1)c1ccnc2[nH]c(Cc3cccs3)nc12. The van der Waals surface area contributed by atoms with Gasteiger partial charge in [0.2, 0.25) is 0 Å². The summed E-state index contributed by atoms with van der Waals surface area (Å²) >= 11 is 1.70. The number of pyridine rings is 1. The van der Waals surface area contributed by atoms with Crippen LogP contribution in [-0.4, -0.2) is 40.5 Å². The van der Waals surface area contributed by atoms with Crippen LogP contribution in [0.3, 0.4) is 0 Å². The lowest BCUT2D eigenvalue weighted by Gasteiger charge is -2.22. The zero-order valence-corrected chi connectivity index (χ0v) is 14.7. The van der Waals surface area contributed by atoms with Crippen molar-refractivity contribution in [1.82, 2.24) is 25.6 Å². The number of fused-ring (bicyclic) bond motifs is 1. The van der Waals surface area contributed by atoms with Crippen LogP contribution >= 0.6 is 11.3 Å². The van der Waals surface area contributed by atoms with Crippen molar-refractivity contribution in [2.75, 3.05) is 19.6 Å². The predicted octanol–water partition coefficient (Wildman–Crippen LogP) is 2.34. The van der Waals surface area contributed by atoms with Gasteiger partial charge in [0.1, 0.15) is 11.3 Å². The van der Waals surface area contributed by atoms with Crippen LogP contribution in [0.2, 0.25) is 0 Å². The Kier molecular flexibility index (Phi) is 4.76. The van der Waals surface area contributed by atoms with E-state index in [2.05, 4.69) is 37.0 Å². The number of thiophene rings is 1. The third-order valence-corrected chi connectivity index (χ3v) is 5.43. The number of carbonyl (C=O) groups excluding carboxylic acids is 1. The van der Waals surface area contributed by atoms with Crippen LogP contribution in [0.25, 0.3) is 11.2 Å². The van der Waals surface area contributed by atoms with E-state index in [-0.39, 0.29) is 5.91 Å². The van der Waals surface area contributed by atoms with E-state index in [1.807, 2.05) is 6.07 Å². The molecule has 7 heteroatoms. The van der Waals surface area contributed by atoms with Crippen LogP contribution < -0.4 is 10.6 Å². The van der Waals surface area contributed by atoms with Crippen LogP contribution in [0, 0.1) is 5.92 Å². The summed E-state index contributed by atoms with van der Waals surface area (Å²) in [6, 6.07) is 5.85. The van der Waals surface area contributed by atoms with Crippen LogP contribution in [0.4, 0.5) is 0 Å². The highest BCUT2D eigenvalue weighted by atomic mass is 32.1. The molecule has 3 aromatic heterocycles. The molecule has 0 bridgehead atoms. The second-order valence-electron chi connectivity index (χ2n) is 6.42. The minimum Gasteiger partial charge on any atom is -0.352 e. The summed E-state index contributed by atoms with van der Waals surface area (Å²) in [5.74, 6) is 1.26. The minimum atomic E-state index is -0.0767. The quantitative estimate of drug-likeness (QED) is 0.656. The number of piperidine rings is 1. The van der Waals surface area contributed by atoms with Crippen molar-refractivity contribution in [1.29, 1.82) is 0 Å². The van der Waals surface area contributed by atoms with Gasteiger partial charge in [0.15, 0.2) is 5.65 Å². The molecule has 0 radical (unpaired) electrons. The Balaban J connectivity index is 1.50. The van der Waals surface area contributed by atoms with Crippen molar-refractivity contribution in [3.8, 4) is 0 Å². The van der Waals surface area contributed by atoms with Crippen LogP contribution in [0.5, 0.6) is 0 Å². The topological polar surface area (TPSA) is 82.7 Å². The normalized spacial score (nSPS) is 17.7. The predicted molar refractivity (Wildman–Crippen MR) is 98.9 cm³/mol. The number of aromatic nitrogens is 3. The Morgan fingerprint density at radius 2 is 2.36 bits per heavy atom. The van der Waals surface area contributed by atoms with E-state index in [0.29, 0.717) is 29.2 Å². The molecule has 0 aliphatic carbocycles. The van der Waals surface area contributed by atoms with E-state index in [4.69, 9.17) is 0 Å². The van der Waals surface area contributed by atoms with Gasteiger partial charge in [0, 0.05) is 24.0 Å². The Bertz CT molecular complexity index is 852. The molecule has 6 nitrogen and oxygen atoms in total. The van der Waals surface area contributed by atoms with Gasteiger partial charge in [0.05, 0.1) is 5.56 Å². The molecule has 0 aromatic carbocycles. The molecule has 0 unspecified atom stereocenters. The van der Waals surface area contributed by atoms with Gasteiger partial charge in [0.25, 0.3) is 5.91 Å². The lowest BCUT2D eigenvalue weighted by atomic mass is 10.00. The molecule has 1 saturated heterocycles. The van der Waals surface area contributed by atoms with E-state index < -0.39 is 0 Å². The number of hydrogen-bond donors (Lipinski definition) is 3. The number of H-pyrrole nitrogens is 1. The summed E-state index contributed by atoms with van der Waals surface area (Å²) in [5.41, 5.74) is 1.90. The van der Waals surface area contributed by atoms with Crippen molar-refractivity contribution in [3.05, 3.63) is 46.0 Å². The number of rotatable bonds is 5. The van der Waals surface area contributed by atoms with Gasteiger partial charge in [-0.3, -0.25) is 4.79 Å².